The monoisotopic (exact) mass is 289 g/mol. The molecule has 2 aromatic rings. The average molecular weight is 289 g/mol. The molecule has 0 amide bonds. The number of rotatable bonds is 6. The zero-order valence-corrected chi connectivity index (χ0v) is 12.5. The van der Waals surface area contributed by atoms with Gasteiger partial charge in [0.05, 0.1) is 13.2 Å². The van der Waals surface area contributed by atoms with Crippen LogP contribution in [0.15, 0.2) is 42.5 Å². The fraction of sp³-hybridized carbons (Fsp3) is 0.294. The Bertz CT molecular complexity index is 601. The number of halogens is 1. The maximum atomic E-state index is 13.6. The number of methoxy groups -OCH3 is 1. The van der Waals surface area contributed by atoms with Gasteiger partial charge in [0.1, 0.15) is 12.4 Å². The van der Waals surface area contributed by atoms with E-state index in [1.807, 2.05) is 32.2 Å². The van der Waals surface area contributed by atoms with Gasteiger partial charge in [-0.3, -0.25) is 0 Å². The largest absolute Gasteiger partial charge is 0.496 e. The van der Waals surface area contributed by atoms with Crippen LogP contribution >= 0.6 is 0 Å². The number of aryl methyl sites for hydroxylation is 1. The summed E-state index contributed by atoms with van der Waals surface area (Å²) in [5.74, 6) is 0.685. The van der Waals surface area contributed by atoms with Gasteiger partial charge >= 0.3 is 0 Å². The van der Waals surface area contributed by atoms with E-state index >= 15 is 0 Å². The first-order valence-electron chi connectivity index (χ1n) is 6.85. The minimum atomic E-state index is -0.358. The Hall–Kier alpha value is -2.07. The number of para-hydroxylation sites is 1. The van der Waals surface area contributed by atoms with Crippen LogP contribution in [0.2, 0.25) is 0 Å². The molecule has 0 saturated heterocycles. The Balaban J connectivity index is 2.17. The van der Waals surface area contributed by atoms with Crippen molar-refractivity contribution in [1.82, 2.24) is 5.32 Å². The molecule has 1 N–H and O–H groups in total. The number of hydrogen-bond donors (Lipinski definition) is 1. The summed E-state index contributed by atoms with van der Waals surface area (Å²) in [7, 11) is 3.48. The lowest BCUT2D eigenvalue weighted by molar-refractivity contribution is 0.258. The standard InChI is InChI=1S/C17H20FNO2/c1-12-8-9-16(20-3)13(10-12)15(19-2)11-21-17-7-5-4-6-14(17)18/h4-10,15,19H,11H2,1-3H3. The van der Waals surface area contributed by atoms with E-state index in [2.05, 4.69) is 5.32 Å². The first-order valence-corrected chi connectivity index (χ1v) is 6.85. The van der Waals surface area contributed by atoms with E-state index in [1.165, 1.54) is 6.07 Å². The molecule has 0 saturated carbocycles. The van der Waals surface area contributed by atoms with Crippen LogP contribution in [0.5, 0.6) is 11.5 Å². The van der Waals surface area contributed by atoms with Crippen molar-refractivity contribution >= 4 is 0 Å². The summed E-state index contributed by atoms with van der Waals surface area (Å²) >= 11 is 0. The fourth-order valence-corrected chi connectivity index (χ4v) is 2.19. The molecular weight excluding hydrogens is 269 g/mol. The molecule has 0 aliphatic heterocycles. The van der Waals surface area contributed by atoms with Crippen molar-refractivity contribution in [2.75, 3.05) is 20.8 Å². The highest BCUT2D eigenvalue weighted by atomic mass is 19.1. The number of likely N-dealkylation sites (N-methyl/N-ethyl adjacent to an activating group) is 1. The normalized spacial score (nSPS) is 12.0. The van der Waals surface area contributed by atoms with Crippen molar-refractivity contribution in [1.29, 1.82) is 0 Å². The Morgan fingerprint density at radius 2 is 1.90 bits per heavy atom. The highest BCUT2D eigenvalue weighted by molar-refractivity contribution is 5.39. The highest BCUT2D eigenvalue weighted by Crippen LogP contribution is 2.27. The van der Waals surface area contributed by atoms with E-state index in [0.29, 0.717) is 6.61 Å². The second-order valence-corrected chi connectivity index (χ2v) is 4.83. The molecule has 3 nitrogen and oxygen atoms in total. The van der Waals surface area contributed by atoms with Crippen LogP contribution in [0, 0.1) is 12.7 Å². The minimum Gasteiger partial charge on any atom is -0.496 e. The van der Waals surface area contributed by atoms with Crippen LogP contribution in [-0.2, 0) is 0 Å². The second kappa shape index (κ2) is 7.09. The Kier molecular flexibility index (Phi) is 5.17. The molecule has 1 atom stereocenters. The summed E-state index contributed by atoms with van der Waals surface area (Å²) in [5, 5.41) is 3.18. The zero-order valence-electron chi connectivity index (χ0n) is 12.5. The number of hydrogen-bond acceptors (Lipinski definition) is 3. The van der Waals surface area contributed by atoms with Gasteiger partial charge in [0, 0.05) is 5.56 Å². The third kappa shape index (κ3) is 3.73. The second-order valence-electron chi connectivity index (χ2n) is 4.83. The van der Waals surface area contributed by atoms with Gasteiger partial charge in [-0.05, 0) is 32.2 Å². The predicted molar refractivity (Wildman–Crippen MR) is 81.4 cm³/mol. The highest BCUT2D eigenvalue weighted by Gasteiger charge is 2.16. The lowest BCUT2D eigenvalue weighted by atomic mass is 10.0. The first kappa shape index (κ1) is 15.3. The summed E-state index contributed by atoms with van der Waals surface area (Å²) in [5.41, 5.74) is 2.13. The van der Waals surface area contributed by atoms with E-state index < -0.39 is 0 Å². The van der Waals surface area contributed by atoms with E-state index in [9.17, 15) is 4.39 Å². The van der Waals surface area contributed by atoms with Gasteiger partial charge in [-0.2, -0.15) is 0 Å². The number of ether oxygens (including phenoxy) is 2. The van der Waals surface area contributed by atoms with Gasteiger partial charge in [0.2, 0.25) is 0 Å². The van der Waals surface area contributed by atoms with Crippen LogP contribution in [0.4, 0.5) is 4.39 Å². The molecule has 0 bridgehead atoms. The topological polar surface area (TPSA) is 30.5 Å². The molecular formula is C17H20FNO2. The summed E-state index contributed by atoms with van der Waals surface area (Å²) in [6.45, 7) is 2.34. The van der Waals surface area contributed by atoms with E-state index in [4.69, 9.17) is 9.47 Å². The average Bonchev–Trinajstić information content (AvgIpc) is 2.50. The van der Waals surface area contributed by atoms with Gasteiger partial charge in [0.15, 0.2) is 11.6 Å². The summed E-state index contributed by atoms with van der Waals surface area (Å²) in [4.78, 5) is 0. The molecule has 0 radical (unpaired) electrons. The van der Waals surface area contributed by atoms with Gasteiger partial charge in [-0.1, -0.05) is 29.8 Å². The van der Waals surface area contributed by atoms with Crippen LogP contribution in [0.3, 0.4) is 0 Å². The van der Waals surface area contributed by atoms with Crippen molar-refractivity contribution in [3.05, 3.63) is 59.4 Å². The van der Waals surface area contributed by atoms with Gasteiger partial charge in [-0.25, -0.2) is 4.39 Å². The molecule has 0 fully saturated rings. The van der Waals surface area contributed by atoms with Crippen LogP contribution in [0.1, 0.15) is 17.2 Å². The molecule has 4 heteroatoms. The molecule has 0 aliphatic rings. The van der Waals surface area contributed by atoms with Crippen molar-refractivity contribution in [2.24, 2.45) is 0 Å². The van der Waals surface area contributed by atoms with Gasteiger partial charge in [0.25, 0.3) is 0 Å². The van der Waals surface area contributed by atoms with Crippen molar-refractivity contribution in [3.8, 4) is 11.5 Å². The Morgan fingerprint density at radius 1 is 1.14 bits per heavy atom. The smallest absolute Gasteiger partial charge is 0.165 e. The summed E-state index contributed by atoms with van der Waals surface area (Å²) < 4.78 is 24.6. The van der Waals surface area contributed by atoms with Gasteiger partial charge < -0.3 is 14.8 Å². The minimum absolute atomic E-state index is 0.0838. The molecule has 0 heterocycles. The molecule has 112 valence electrons. The molecule has 0 aliphatic carbocycles. The summed E-state index contributed by atoms with van der Waals surface area (Å²) in [6.07, 6.45) is 0. The number of benzene rings is 2. The quantitative estimate of drug-likeness (QED) is 0.883. The third-order valence-corrected chi connectivity index (χ3v) is 3.35. The SMILES string of the molecule is CNC(COc1ccccc1F)c1cc(C)ccc1OC. The van der Waals surface area contributed by atoms with Crippen molar-refractivity contribution in [3.63, 3.8) is 0 Å². The first-order chi connectivity index (χ1) is 10.2. The van der Waals surface area contributed by atoms with Crippen LogP contribution in [0.25, 0.3) is 0 Å². The summed E-state index contributed by atoms with van der Waals surface area (Å²) in [6, 6.07) is 12.3. The Labute approximate surface area is 124 Å². The lowest BCUT2D eigenvalue weighted by Gasteiger charge is -2.20. The fourth-order valence-electron chi connectivity index (χ4n) is 2.19. The zero-order chi connectivity index (χ0) is 15.2. The Morgan fingerprint density at radius 3 is 2.57 bits per heavy atom. The molecule has 1 unspecified atom stereocenters. The molecule has 21 heavy (non-hydrogen) atoms. The van der Waals surface area contributed by atoms with Crippen LogP contribution < -0.4 is 14.8 Å². The maximum Gasteiger partial charge on any atom is 0.165 e. The van der Waals surface area contributed by atoms with Gasteiger partial charge in [-0.15, -0.1) is 0 Å². The van der Waals surface area contributed by atoms with Crippen LogP contribution in [-0.4, -0.2) is 20.8 Å². The van der Waals surface area contributed by atoms with E-state index in [-0.39, 0.29) is 17.6 Å². The third-order valence-electron chi connectivity index (χ3n) is 3.35. The van der Waals surface area contributed by atoms with Crippen molar-refractivity contribution < 1.29 is 13.9 Å². The molecule has 2 rings (SSSR count). The number of nitrogens with one attached hydrogen (secondary N) is 1. The van der Waals surface area contributed by atoms with E-state index in [1.54, 1.807) is 25.3 Å². The molecule has 2 aromatic carbocycles. The van der Waals surface area contributed by atoms with E-state index in [0.717, 1.165) is 16.9 Å². The predicted octanol–water partition coefficient (Wildman–Crippen LogP) is 3.48. The molecule has 0 spiro atoms. The molecule has 0 aromatic heterocycles. The lowest BCUT2D eigenvalue weighted by Crippen LogP contribution is -2.24. The maximum absolute atomic E-state index is 13.6. The van der Waals surface area contributed by atoms with Crippen molar-refractivity contribution in [2.45, 2.75) is 13.0 Å².